The van der Waals surface area contributed by atoms with Crippen LogP contribution in [0.15, 0.2) is 69.4 Å². The number of guanidine groups is 1. The molecule has 0 fully saturated rings. The zero-order valence-electron chi connectivity index (χ0n) is 17.9. The molecular weight excluding hydrogens is 392 g/mol. The van der Waals surface area contributed by atoms with E-state index >= 15 is 0 Å². The molecule has 3 aromatic rings. The van der Waals surface area contributed by atoms with E-state index in [1.807, 2.05) is 24.6 Å². The normalized spacial score (nSPS) is 11.5. The molecule has 158 valence electrons. The summed E-state index contributed by atoms with van der Waals surface area (Å²) in [5.41, 5.74) is 1.18. The van der Waals surface area contributed by atoms with Crippen molar-refractivity contribution in [2.75, 3.05) is 6.54 Å². The lowest BCUT2D eigenvalue weighted by Gasteiger charge is -2.12. The fourth-order valence-electron chi connectivity index (χ4n) is 2.78. The van der Waals surface area contributed by atoms with Gasteiger partial charge < -0.3 is 15.2 Å². The standard InChI is InChI=1S/C23H30N6S/c1-4-5-15-24-23(26-17-22-28-27-18(2)29(22)3)25-16-19-11-13-21(14-12-19)30-20-9-7-6-8-10-20/h6-14H,4-5,15-17H2,1-3H3,(H2,24,25,26). The van der Waals surface area contributed by atoms with Crippen LogP contribution < -0.4 is 10.6 Å². The number of rotatable bonds is 9. The molecule has 2 N–H and O–H groups in total. The number of nitrogens with one attached hydrogen (secondary N) is 2. The lowest BCUT2D eigenvalue weighted by atomic mass is 10.2. The highest BCUT2D eigenvalue weighted by Gasteiger charge is 2.06. The second-order valence-electron chi connectivity index (χ2n) is 7.08. The molecule has 2 aromatic carbocycles. The fraction of sp³-hybridized carbons (Fsp3) is 0.348. The molecule has 1 aromatic heterocycles. The van der Waals surface area contributed by atoms with Gasteiger partial charge in [0.2, 0.25) is 0 Å². The highest BCUT2D eigenvalue weighted by Crippen LogP contribution is 2.27. The molecule has 30 heavy (non-hydrogen) atoms. The number of nitrogens with zero attached hydrogens (tertiary/aromatic N) is 4. The first kappa shape index (κ1) is 21.9. The van der Waals surface area contributed by atoms with E-state index < -0.39 is 0 Å². The van der Waals surface area contributed by atoms with Crippen LogP contribution in [0.3, 0.4) is 0 Å². The Morgan fingerprint density at radius 3 is 2.40 bits per heavy atom. The third-order valence-electron chi connectivity index (χ3n) is 4.74. The van der Waals surface area contributed by atoms with Crippen LogP contribution in [0.1, 0.15) is 37.0 Å². The zero-order chi connectivity index (χ0) is 21.2. The van der Waals surface area contributed by atoms with Crippen LogP contribution in [0.4, 0.5) is 0 Å². The first-order chi connectivity index (χ1) is 14.7. The summed E-state index contributed by atoms with van der Waals surface area (Å²) in [6, 6.07) is 19.0. The summed E-state index contributed by atoms with van der Waals surface area (Å²) in [4.78, 5) is 7.23. The van der Waals surface area contributed by atoms with E-state index in [4.69, 9.17) is 4.99 Å². The van der Waals surface area contributed by atoms with Gasteiger partial charge in [-0.05, 0) is 43.2 Å². The Kier molecular flexibility index (Phi) is 8.32. The topological polar surface area (TPSA) is 67.1 Å². The number of hydrogen-bond donors (Lipinski definition) is 2. The average molecular weight is 423 g/mol. The molecule has 6 nitrogen and oxygen atoms in total. The maximum Gasteiger partial charge on any atom is 0.191 e. The molecule has 0 unspecified atom stereocenters. The number of hydrogen-bond acceptors (Lipinski definition) is 4. The van der Waals surface area contributed by atoms with Gasteiger partial charge in [-0.2, -0.15) is 0 Å². The Balaban J connectivity index is 1.60. The predicted octanol–water partition coefficient (Wildman–Crippen LogP) is 4.31. The summed E-state index contributed by atoms with van der Waals surface area (Å²) in [5, 5.41) is 15.1. The van der Waals surface area contributed by atoms with Crippen molar-refractivity contribution < 1.29 is 0 Å². The summed E-state index contributed by atoms with van der Waals surface area (Å²) < 4.78 is 1.99. The molecule has 0 bridgehead atoms. The van der Waals surface area contributed by atoms with Gasteiger partial charge in [-0.3, -0.25) is 0 Å². The Bertz CT molecular complexity index is 934. The minimum atomic E-state index is 0.585. The van der Waals surface area contributed by atoms with Crippen molar-refractivity contribution in [3.63, 3.8) is 0 Å². The van der Waals surface area contributed by atoms with Gasteiger partial charge in [0.25, 0.3) is 0 Å². The van der Waals surface area contributed by atoms with Crippen molar-refractivity contribution in [1.29, 1.82) is 0 Å². The Morgan fingerprint density at radius 1 is 1.00 bits per heavy atom. The van der Waals surface area contributed by atoms with Gasteiger partial charge in [0, 0.05) is 23.4 Å². The van der Waals surface area contributed by atoms with Crippen molar-refractivity contribution in [2.45, 2.75) is 49.6 Å². The van der Waals surface area contributed by atoms with Crippen molar-refractivity contribution in [3.05, 3.63) is 71.8 Å². The Morgan fingerprint density at radius 2 is 1.73 bits per heavy atom. The van der Waals surface area contributed by atoms with Crippen molar-refractivity contribution >= 4 is 17.7 Å². The molecule has 1 heterocycles. The molecule has 0 aliphatic heterocycles. The third-order valence-corrected chi connectivity index (χ3v) is 5.76. The molecule has 0 saturated heterocycles. The summed E-state index contributed by atoms with van der Waals surface area (Å²) in [6.07, 6.45) is 2.25. The number of aromatic nitrogens is 3. The van der Waals surface area contributed by atoms with Gasteiger partial charge in [-0.15, -0.1) is 10.2 Å². The van der Waals surface area contributed by atoms with Gasteiger partial charge in [0.1, 0.15) is 5.82 Å². The lowest BCUT2D eigenvalue weighted by molar-refractivity contribution is 0.695. The Labute approximate surface area is 183 Å². The monoisotopic (exact) mass is 422 g/mol. The molecule has 0 atom stereocenters. The van der Waals surface area contributed by atoms with Gasteiger partial charge in [-0.1, -0.05) is 55.4 Å². The largest absolute Gasteiger partial charge is 0.356 e. The molecule has 0 aliphatic carbocycles. The van der Waals surface area contributed by atoms with E-state index in [0.717, 1.165) is 37.0 Å². The molecular formula is C23H30N6S. The molecule has 0 saturated carbocycles. The maximum atomic E-state index is 4.76. The second-order valence-corrected chi connectivity index (χ2v) is 8.23. The zero-order valence-corrected chi connectivity index (χ0v) is 18.7. The first-order valence-electron chi connectivity index (χ1n) is 10.3. The van der Waals surface area contributed by atoms with Gasteiger partial charge >= 0.3 is 0 Å². The highest BCUT2D eigenvalue weighted by molar-refractivity contribution is 7.99. The smallest absolute Gasteiger partial charge is 0.191 e. The second kappa shape index (κ2) is 11.4. The molecule has 3 rings (SSSR count). The van der Waals surface area contributed by atoms with Gasteiger partial charge in [-0.25, -0.2) is 4.99 Å². The summed E-state index contributed by atoms with van der Waals surface area (Å²) in [7, 11) is 1.97. The van der Waals surface area contributed by atoms with Crippen molar-refractivity contribution in [3.8, 4) is 0 Å². The van der Waals surface area contributed by atoms with E-state index in [2.05, 4.69) is 76.3 Å². The maximum absolute atomic E-state index is 4.76. The van der Waals surface area contributed by atoms with Crippen LogP contribution in [-0.2, 0) is 20.1 Å². The van der Waals surface area contributed by atoms with E-state index in [1.165, 1.54) is 15.4 Å². The summed E-state index contributed by atoms with van der Waals surface area (Å²) in [6.45, 7) is 6.23. The summed E-state index contributed by atoms with van der Waals surface area (Å²) in [5.74, 6) is 2.59. The van der Waals surface area contributed by atoms with Crippen LogP contribution in [0.2, 0.25) is 0 Å². The van der Waals surface area contributed by atoms with E-state index in [-0.39, 0.29) is 0 Å². The Hall–Kier alpha value is -2.80. The third kappa shape index (κ3) is 6.62. The molecule has 7 heteroatoms. The summed E-state index contributed by atoms with van der Waals surface area (Å²) >= 11 is 1.77. The van der Waals surface area contributed by atoms with Gasteiger partial charge in [0.15, 0.2) is 11.8 Å². The fourth-order valence-corrected chi connectivity index (χ4v) is 3.62. The van der Waals surface area contributed by atoms with Crippen LogP contribution in [-0.4, -0.2) is 27.3 Å². The highest BCUT2D eigenvalue weighted by atomic mass is 32.2. The quantitative estimate of drug-likeness (QED) is 0.306. The van der Waals surface area contributed by atoms with E-state index in [9.17, 15) is 0 Å². The molecule has 0 amide bonds. The molecule has 0 radical (unpaired) electrons. The minimum absolute atomic E-state index is 0.585. The number of benzene rings is 2. The van der Waals surface area contributed by atoms with Crippen LogP contribution in [0.5, 0.6) is 0 Å². The van der Waals surface area contributed by atoms with Crippen molar-refractivity contribution in [1.82, 2.24) is 25.4 Å². The van der Waals surface area contributed by atoms with Crippen molar-refractivity contribution in [2.24, 2.45) is 12.0 Å². The SMILES string of the molecule is CCCCNC(=NCc1ccc(Sc2ccccc2)cc1)NCc1nnc(C)n1C. The average Bonchev–Trinajstić information content (AvgIpc) is 3.09. The van der Waals surface area contributed by atoms with Crippen LogP contribution in [0.25, 0.3) is 0 Å². The van der Waals surface area contributed by atoms with E-state index in [0.29, 0.717) is 13.1 Å². The van der Waals surface area contributed by atoms with Crippen LogP contribution >= 0.6 is 11.8 Å². The van der Waals surface area contributed by atoms with Crippen LogP contribution in [0, 0.1) is 6.92 Å². The first-order valence-corrected chi connectivity index (χ1v) is 11.2. The van der Waals surface area contributed by atoms with Gasteiger partial charge in [0.05, 0.1) is 13.1 Å². The minimum Gasteiger partial charge on any atom is -0.356 e. The number of aryl methyl sites for hydroxylation is 1. The predicted molar refractivity (Wildman–Crippen MR) is 124 cm³/mol. The number of unbranched alkanes of at least 4 members (excludes halogenated alkanes) is 1. The van der Waals surface area contributed by atoms with E-state index in [1.54, 1.807) is 11.8 Å². The number of aliphatic imine (C=N–C) groups is 1. The lowest BCUT2D eigenvalue weighted by Crippen LogP contribution is -2.38. The molecule has 0 aliphatic rings. The molecule has 0 spiro atoms.